The Kier molecular flexibility index (Phi) is 3.48. The molecule has 20 heavy (non-hydrogen) atoms. The first-order valence-corrected chi connectivity index (χ1v) is 5.72. The third-order valence-electron chi connectivity index (χ3n) is 2.88. The molecule has 0 aliphatic carbocycles. The molecule has 0 saturated carbocycles. The van der Waals surface area contributed by atoms with Crippen molar-refractivity contribution in [2.24, 2.45) is 0 Å². The molecular formula is C14H10F3NO2. The highest BCUT2D eigenvalue weighted by molar-refractivity contribution is 5.67. The highest BCUT2D eigenvalue weighted by atomic mass is 19.4. The second-order valence-corrected chi connectivity index (χ2v) is 4.35. The van der Waals surface area contributed by atoms with Crippen LogP contribution in [0.3, 0.4) is 0 Å². The van der Waals surface area contributed by atoms with E-state index >= 15 is 0 Å². The lowest BCUT2D eigenvalue weighted by molar-refractivity contribution is -0.388. The zero-order valence-electron chi connectivity index (χ0n) is 10.4. The highest BCUT2D eigenvalue weighted by Crippen LogP contribution is 2.38. The summed E-state index contributed by atoms with van der Waals surface area (Å²) in [6.45, 7) is 1.86. The molecule has 2 aromatic carbocycles. The maximum atomic E-state index is 12.9. The van der Waals surface area contributed by atoms with Crippen molar-refractivity contribution in [3.05, 3.63) is 63.7 Å². The summed E-state index contributed by atoms with van der Waals surface area (Å²) >= 11 is 0. The number of aryl methyl sites for hydroxylation is 1. The average Bonchev–Trinajstić information content (AvgIpc) is 2.38. The van der Waals surface area contributed by atoms with Crippen molar-refractivity contribution in [3.8, 4) is 11.1 Å². The number of benzene rings is 2. The van der Waals surface area contributed by atoms with Crippen molar-refractivity contribution in [2.45, 2.75) is 13.1 Å². The lowest BCUT2D eigenvalue weighted by atomic mass is 10.0. The topological polar surface area (TPSA) is 43.1 Å². The van der Waals surface area contributed by atoms with Crippen molar-refractivity contribution in [2.75, 3.05) is 0 Å². The summed E-state index contributed by atoms with van der Waals surface area (Å²) in [4.78, 5) is 9.64. The summed E-state index contributed by atoms with van der Waals surface area (Å²) in [5.74, 6) is 0. The van der Waals surface area contributed by atoms with Gasteiger partial charge in [-0.3, -0.25) is 10.1 Å². The molecule has 6 heteroatoms. The van der Waals surface area contributed by atoms with E-state index in [0.717, 1.165) is 17.7 Å². The largest absolute Gasteiger partial charge is 0.423 e. The van der Waals surface area contributed by atoms with Crippen molar-refractivity contribution in [3.63, 3.8) is 0 Å². The van der Waals surface area contributed by atoms with Gasteiger partial charge in [0.15, 0.2) is 0 Å². The zero-order chi connectivity index (χ0) is 14.9. The molecule has 0 aromatic heterocycles. The van der Waals surface area contributed by atoms with E-state index in [1.54, 1.807) is 24.3 Å². The average molecular weight is 281 g/mol. The second kappa shape index (κ2) is 4.96. The van der Waals surface area contributed by atoms with Gasteiger partial charge in [-0.25, -0.2) is 0 Å². The Hall–Kier alpha value is -2.37. The van der Waals surface area contributed by atoms with E-state index in [-0.39, 0.29) is 0 Å². The van der Waals surface area contributed by atoms with Crippen LogP contribution in [0.15, 0.2) is 42.5 Å². The van der Waals surface area contributed by atoms with Gasteiger partial charge in [-0.15, -0.1) is 0 Å². The third-order valence-corrected chi connectivity index (χ3v) is 2.88. The molecule has 0 unspecified atom stereocenters. The zero-order valence-corrected chi connectivity index (χ0v) is 10.4. The molecule has 0 radical (unpaired) electrons. The van der Waals surface area contributed by atoms with Crippen molar-refractivity contribution in [1.29, 1.82) is 0 Å². The summed E-state index contributed by atoms with van der Waals surface area (Å²) in [7, 11) is 0. The molecule has 3 nitrogen and oxygen atoms in total. The van der Waals surface area contributed by atoms with Crippen molar-refractivity contribution in [1.82, 2.24) is 0 Å². The molecule has 2 aromatic rings. The fraction of sp³-hybridized carbons (Fsp3) is 0.143. The van der Waals surface area contributed by atoms with Crippen LogP contribution in [-0.4, -0.2) is 4.92 Å². The third kappa shape index (κ3) is 2.79. The Bertz CT molecular complexity index is 648. The van der Waals surface area contributed by atoms with Gasteiger partial charge >= 0.3 is 6.18 Å². The van der Waals surface area contributed by atoms with Gasteiger partial charge in [0.25, 0.3) is 5.69 Å². The number of hydrogen-bond donors (Lipinski definition) is 0. The number of nitro benzene ring substituents is 1. The molecule has 0 aliphatic rings. The number of halogens is 3. The van der Waals surface area contributed by atoms with Crippen LogP contribution in [0, 0.1) is 17.0 Å². The van der Waals surface area contributed by atoms with Gasteiger partial charge in [-0.2, -0.15) is 13.2 Å². The molecule has 0 bridgehead atoms. The van der Waals surface area contributed by atoms with Crippen LogP contribution in [0.4, 0.5) is 18.9 Å². The van der Waals surface area contributed by atoms with Gasteiger partial charge in [-0.05, 0) is 30.2 Å². The maximum Gasteiger partial charge on any atom is 0.423 e. The van der Waals surface area contributed by atoms with Crippen LogP contribution in [0.1, 0.15) is 11.1 Å². The van der Waals surface area contributed by atoms with Gasteiger partial charge < -0.3 is 0 Å². The van der Waals surface area contributed by atoms with Crippen LogP contribution >= 0.6 is 0 Å². The Morgan fingerprint density at radius 2 is 1.55 bits per heavy atom. The molecule has 0 spiro atoms. The number of nitro groups is 1. The molecular weight excluding hydrogens is 271 g/mol. The monoisotopic (exact) mass is 281 g/mol. The van der Waals surface area contributed by atoms with Gasteiger partial charge in [0.2, 0.25) is 0 Å². The molecule has 0 atom stereocenters. The van der Waals surface area contributed by atoms with Gasteiger partial charge in [0.1, 0.15) is 5.56 Å². The molecule has 104 valence electrons. The lowest BCUT2D eigenvalue weighted by Crippen LogP contribution is -2.09. The smallest absolute Gasteiger partial charge is 0.258 e. The first-order valence-electron chi connectivity index (χ1n) is 5.72. The van der Waals surface area contributed by atoms with Crippen LogP contribution < -0.4 is 0 Å². The van der Waals surface area contributed by atoms with Gasteiger partial charge in [0.05, 0.1) is 4.92 Å². The maximum absolute atomic E-state index is 12.9. The van der Waals surface area contributed by atoms with Crippen molar-refractivity contribution >= 4 is 5.69 Å². The predicted octanol–water partition coefficient (Wildman–Crippen LogP) is 4.59. The van der Waals surface area contributed by atoms with Crippen LogP contribution in [0.5, 0.6) is 0 Å². The Morgan fingerprint density at radius 1 is 1.00 bits per heavy atom. The van der Waals surface area contributed by atoms with E-state index in [2.05, 4.69) is 0 Å². The Labute approximate surface area is 112 Å². The molecule has 0 saturated heterocycles. The first kappa shape index (κ1) is 14.0. The van der Waals surface area contributed by atoms with Crippen LogP contribution in [0.2, 0.25) is 0 Å². The molecule has 0 fully saturated rings. The van der Waals surface area contributed by atoms with Crippen molar-refractivity contribution < 1.29 is 18.1 Å². The van der Waals surface area contributed by atoms with E-state index in [9.17, 15) is 23.3 Å². The molecule has 0 amide bonds. The SMILES string of the molecule is Cc1ccc(-c2ccc([N+](=O)[O-])c(C(F)(F)F)c2)cc1. The number of alkyl halides is 3. The molecule has 0 heterocycles. The van der Waals surface area contributed by atoms with E-state index in [1.165, 1.54) is 6.07 Å². The minimum absolute atomic E-state index is 0.294. The Morgan fingerprint density at radius 3 is 2.05 bits per heavy atom. The van der Waals surface area contributed by atoms with E-state index in [0.29, 0.717) is 11.1 Å². The summed E-state index contributed by atoms with van der Waals surface area (Å²) in [6, 6.07) is 9.90. The molecule has 0 aliphatic heterocycles. The fourth-order valence-electron chi connectivity index (χ4n) is 1.85. The summed E-state index contributed by atoms with van der Waals surface area (Å²) in [6.07, 6.45) is -4.76. The second-order valence-electron chi connectivity index (χ2n) is 4.35. The predicted molar refractivity (Wildman–Crippen MR) is 68.3 cm³/mol. The summed E-state index contributed by atoms with van der Waals surface area (Å²) < 4.78 is 38.6. The van der Waals surface area contributed by atoms with Crippen LogP contribution in [0.25, 0.3) is 11.1 Å². The number of nitrogens with zero attached hydrogens (tertiary/aromatic N) is 1. The Balaban J connectivity index is 2.58. The van der Waals surface area contributed by atoms with E-state index < -0.39 is 22.4 Å². The van der Waals surface area contributed by atoms with Crippen LogP contribution in [-0.2, 0) is 6.18 Å². The number of rotatable bonds is 2. The lowest BCUT2D eigenvalue weighted by Gasteiger charge is -2.10. The van der Waals surface area contributed by atoms with Gasteiger partial charge in [0, 0.05) is 6.07 Å². The number of hydrogen-bond acceptors (Lipinski definition) is 2. The first-order chi connectivity index (χ1) is 9.29. The fourth-order valence-corrected chi connectivity index (χ4v) is 1.85. The molecule has 2 rings (SSSR count). The summed E-state index contributed by atoms with van der Waals surface area (Å²) in [5, 5.41) is 10.7. The minimum Gasteiger partial charge on any atom is -0.258 e. The van der Waals surface area contributed by atoms with E-state index in [1.807, 2.05) is 6.92 Å². The quantitative estimate of drug-likeness (QED) is 0.597. The standard InChI is InChI=1S/C14H10F3NO2/c1-9-2-4-10(5-3-9)11-6-7-13(18(19)20)12(8-11)14(15,16)17/h2-8H,1H3. The van der Waals surface area contributed by atoms with Gasteiger partial charge in [-0.1, -0.05) is 29.8 Å². The minimum atomic E-state index is -4.76. The van der Waals surface area contributed by atoms with E-state index in [4.69, 9.17) is 0 Å². The summed E-state index contributed by atoms with van der Waals surface area (Å²) in [5.41, 5.74) is -0.320. The molecule has 0 N–H and O–H groups in total. The normalized spacial score (nSPS) is 11.4. The highest BCUT2D eigenvalue weighted by Gasteiger charge is 2.38.